The Morgan fingerprint density at radius 3 is 2.68 bits per heavy atom. The van der Waals surface area contributed by atoms with Crippen LogP contribution in [0.15, 0.2) is 54.6 Å². The van der Waals surface area contributed by atoms with Crippen molar-refractivity contribution in [2.45, 2.75) is 6.42 Å². The van der Waals surface area contributed by atoms with Crippen LogP contribution in [0.3, 0.4) is 0 Å². The predicted molar refractivity (Wildman–Crippen MR) is 84.6 cm³/mol. The van der Waals surface area contributed by atoms with Gasteiger partial charge in [-0.3, -0.25) is 14.9 Å². The lowest BCUT2D eigenvalue weighted by atomic mass is 10.1. The molecule has 1 heterocycles. The normalized spacial score (nSPS) is 13.4. The van der Waals surface area contributed by atoms with E-state index in [0.717, 1.165) is 17.7 Å². The highest BCUT2D eigenvalue weighted by atomic mass is 16.6. The number of fused-ring (bicyclic) bond motifs is 1. The van der Waals surface area contributed by atoms with Crippen LogP contribution in [0.1, 0.15) is 11.1 Å². The Morgan fingerprint density at radius 1 is 1.14 bits per heavy atom. The summed E-state index contributed by atoms with van der Waals surface area (Å²) in [7, 11) is 0. The van der Waals surface area contributed by atoms with Crippen LogP contribution >= 0.6 is 0 Å². The monoisotopic (exact) mass is 294 g/mol. The number of hydrogen-bond acceptors (Lipinski definition) is 3. The minimum atomic E-state index is -0.449. The molecule has 3 rings (SSSR count). The third kappa shape index (κ3) is 2.61. The van der Waals surface area contributed by atoms with Crippen molar-refractivity contribution in [3.63, 3.8) is 0 Å². The van der Waals surface area contributed by atoms with Gasteiger partial charge in [0.1, 0.15) is 0 Å². The Morgan fingerprint density at radius 2 is 1.86 bits per heavy atom. The second-order valence-corrected chi connectivity index (χ2v) is 5.02. The minimum absolute atomic E-state index is 0.00614. The van der Waals surface area contributed by atoms with Gasteiger partial charge in [0.25, 0.3) is 11.6 Å². The summed E-state index contributed by atoms with van der Waals surface area (Å²) in [5.41, 5.74) is 2.48. The van der Waals surface area contributed by atoms with Gasteiger partial charge in [0, 0.05) is 24.4 Å². The molecule has 5 heteroatoms. The van der Waals surface area contributed by atoms with Gasteiger partial charge in [-0.25, -0.2) is 0 Å². The summed E-state index contributed by atoms with van der Waals surface area (Å²) in [5, 5.41) is 11.0. The molecule has 0 saturated carbocycles. The molecule has 2 aromatic rings. The zero-order chi connectivity index (χ0) is 15.5. The molecule has 22 heavy (non-hydrogen) atoms. The second kappa shape index (κ2) is 5.81. The molecule has 0 fully saturated rings. The average molecular weight is 294 g/mol. The van der Waals surface area contributed by atoms with E-state index in [9.17, 15) is 14.9 Å². The summed E-state index contributed by atoms with van der Waals surface area (Å²) >= 11 is 0. The first kappa shape index (κ1) is 14.0. The Kier molecular flexibility index (Phi) is 3.70. The molecule has 0 aromatic heterocycles. The number of nitro groups is 1. The molecule has 0 N–H and O–H groups in total. The summed E-state index contributed by atoms with van der Waals surface area (Å²) in [6.07, 6.45) is 3.73. The summed E-state index contributed by atoms with van der Waals surface area (Å²) in [6, 6.07) is 14.1. The van der Waals surface area contributed by atoms with E-state index in [1.165, 1.54) is 18.2 Å². The molecule has 1 aliphatic heterocycles. The van der Waals surface area contributed by atoms with Gasteiger partial charge >= 0.3 is 0 Å². The highest BCUT2D eigenvalue weighted by Crippen LogP contribution is 2.28. The lowest BCUT2D eigenvalue weighted by Gasteiger charge is -2.14. The lowest BCUT2D eigenvalue weighted by molar-refractivity contribution is -0.385. The molecule has 1 amide bonds. The number of anilines is 1. The molecule has 0 atom stereocenters. The van der Waals surface area contributed by atoms with Crippen LogP contribution in [0.5, 0.6) is 0 Å². The van der Waals surface area contributed by atoms with Crippen molar-refractivity contribution in [1.29, 1.82) is 0 Å². The molecule has 0 radical (unpaired) electrons. The van der Waals surface area contributed by atoms with Crippen molar-refractivity contribution in [2.75, 3.05) is 11.4 Å². The number of rotatable bonds is 3. The van der Waals surface area contributed by atoms with E-state index in [0.29, 0.717) is 12.1 Å². The first-order valence-corrected chi connectivity index (χ1v) is 6.98. The minimum Gasteiger partial charge on any atom is -0.308 e. The topological polar surface area (TPSA) is 63.4 Å². The molecule has 0 bridgehead atoms. The van der Waals surface area contributed by atoms with Crippen molar-refractivity contribution in [2.24, 2.45) is 0 Å². The third-order valence-corrected chi connectivity index (χ3v) is 3.69. The van der Waals surface area contributed by atoms with Crippen LogP contribution in [0.25, 0.3) is 6.08 Å². The predicted octanol–water partition coefficient (Wildman–Crippen LogP) is 3.20. The first-order valence-electron chi connectivity index (χ1n) is 6.98. The molecular weight excluding hydrogens is 280 g/mol. The van der Waals surface area contributed by atoms with Gasteiger partial charge in [-0.05, 0) is 30.2 Å². The Bertz CT molecular complexity index is 768. The van der Waals surface area contributed by atoms with E-state index in [2.05, 4.69) is 0 Å². The molecule has 2 aromatic carbocycles. The number of hydrogen-bond donors (Lipinski definition) is 0. The number of benzene rings is 2. The number of amides is 1. The maximum atomic E-state index is 12.3. The fourth-order valence-corrected chi connectivity index (χ4v) is 2.61. The number of nitrogens with zero attached hydrogens (tertiary/aromatic N) is 2. The van der Waals surface area contributed by atoms with Gasteiger partial charge in [0.05, 0.1) is 10.5 Å². The molecule has 0 saturated heterocycles. The summed E-state index contributed by atoms with van der Waals surface area (Å²) < 4.78 is 0. The molecule has 0 aliphatic carbocycles. The molecule has 0 unspecified atom stereocenters. The zero-order valence-corrected chi connectivity index (χ0v) is 11.8. The van der Waals surface area contributed by atoms with E-state index in [1.54, 1.807) is 23.1 Å². The van der Waals surface area contributed by atoms with Gasteiger partial charge in [0.15, 0.2) is 0 Å². The summed E-state index contributed by atoms with van der Waals surface area (Å²) in [6.45, 7) is 0.638. The number of nitro benzene ring substituents is 1. The van der Waals surface area contributed by atoms with Gasteiger partial charge in [-0.2, -0.15) is 0 Å². The molecule has 1 aliphatic rings. The quantitative estimate of drug-likeness (QED) is 0.496. The average Bonchev–Trinajstić information content (AvgIpc) is 2.97. The second-order valence-electron chi connectivity index (χ2n) is 5.02. The van der Waals surface area contributed by atoms with Crippen LogP contribution in [0.2, 0.25) is 0 Å². The Hall–Kier alpha value is -2.95. The zero-order valence-electron chi connectivity index (χ0n) is 11.8. The van der Waals surface area contributed by atoms with E-state index < -0.39 is 4.92 Å². The van der Waals surface area contributed by atoms with E-state index in [-0.39, 0.29) is 11.6 Å². The molecule has 0 spiro atoms. The van der Waals surface area contributed by atoms with E-state index >= 15 is 0 Å². The largest absolute Gasteiger partial charge is 0.308 e. The van der Waals surface area contributed by atoms with Crippen molar-refractivity contribution in [3.8, 4) is 0 Å². The van der Waals surface area contributed by atoms with Crippen LogP contribution in [-0.2, 0) is 11.2 Å². The van der Waals surface area contributed by atoms with Crippen molar-refractivity contribution in [3.05, 3.63) is 75.8 Å². The molecular formula is C17H14N2O3. The van der Waals surface area contributed by atoms with Crippen molar-refractivity contribution >= 4 is 23.4 Å². The number of para-hydroxylation sites is 2. The number of carbonyl (C=O) groups excluding carboxylic acids is 1. The Labute approximate surface area is 127 Å². The van der Waals surface area contributed by atoms with E-state index in [1.807, 2.05) is 24.3 Å². The van der Waals surface area contributed by atoms with Crippen molar-refractivity contribution in [1.82, 2.24) is 0 Å². The van der Waals surface area contributed by atoms with Crippen LogP contribution in [0, 0.1) is 10.1 Å². The van der Waals surface area contributed by atoms with Gasteiger partial charge in [-0.15, -0.1) is 0 Å². The van der Waals surface area contributed by atoms with Crippen LogP contribution < -0.4 is 4.90 Å². The van der Waals surface area contributed by atoms with Crippen LogP contribution in [0.4, 0.5) is 11.4 Å². The first-order chi connectivity index (χ1) is 10.7. The maximum Gasteiger partial charge on any atom is 0.276 e. The lowest BCUT2D eigenvalue weighted by Crippen LogP contribution is -2.26. The van der Waals surface area contributed by atoms with Gasteiger partial charge in [-0.1, -0.05) is 30.3 Å². The van der Waals surface area contributed by atoms with Gasteiger partial charge < -0.3 is 4.90 Å². The highest BCUT2D eigenvalue weighted by Gasteiger charge is 2.22. The van der Waals surface area contributed by atoms with Crippen LogP contribution in [-0.4, -0.2) is 17.4 Å². The standard InChI is InChI=1S/C17H14N2O3/c20-17(18-12-11-14-6-1-3-7-15(14)18)10-9-13-5-2-4-8-16(13)19(21)22/h1-10H,11-12H2. The van der Waals surface area contributed by atoms with Gasteiger partial charge in [0.2, 0.25) is 0 Å². The number of carbonyl (C=O) groups is 1. The smallest absolute Gasteiger partial charge is 0.276 e. The van der Waals surface area contributed by atoms with E-state index in [4.69, 9.17) is 0 Å². The molecule has 110 valence electrons. The molecule has 5 nitrogen and oxygen atoms in total. The van der Waals surface area contributed by atoms with Crippen molar-refractivity contribution < 1.29 is 9.72 Å². The summed E-state index contributed by atoms with van der Waals surface area (Å²) in [4.78, 5) is 24.5. The third-order valence-electron chi connectivity index (χ3n) is 3.69. The SMILES string of the molecule is O=C(C=Cc1ccccc1[N+](=O)[O-])N1CCc2ccccc21. The fourth-order valence-electron chi connectivity index (χ4n) is 2.61. The summed E-state index contributed by atoms with van der Waals surface area (Å²) in [5.74, 6) is -0.164. The highest BCUT2D eigenvalue weighted by molar-refractivity contribution is 6.05. The maximum absolute atomic E-state index is 12.3. The Balaban J connectivity index is 1.83. The fraction of sp³-hybridized carbons (Fsp3) is 0.118.